The van der Waals surface area contributed by atoms with Gasteiger partial charge in [-0.1, -0.05) is 11.3 Å². The van der Waals surface area contributed by atoms with E-state index in [9.17, 15) is 8.42 Å². The molecule has 0 amide bonds. The van der Waals surface area contributed by atoms with Crippen molar-refractivity contribution in [1.82, 2.24) is 9.31 Å². The summed E-state index contributed by atoms with van der Waals surface area (Å²) in [6.45, 7) is 3.61. The third kappa shape index (κ3) is 3.16. The van der Waals surface area contributed by atoms with Crippen molar-refractivity contribution in [1.29, 1.82) is 0 Å². The van der Waals surface area contributed by atoms with Gasteiger partial charge in [-0.2, -0.15) is 0 Å². The first kappa shape index (κ1) is 14.9. The van der Waals surface area contributed by atoms with Gasteiger partial charge < -0.3 is 0 Å². The Morgan fingerprint density at radius 2 is 1.85 bits per heavy atom. The Kier molecular flexibility index (Phi) is 4.39. The molecule has 0 N–H and O–H groups in total. The van der Waals surface area contributed by atoms with Gasteiger partial charge in [-0.15, -0.1) is 5.11 Å². The zero-order valence-corrected chi connectivity index (χ0v) is 12.9. The second-order valence-electron chi connectivity index (χ2n) is 5.09. The van der Waals surface area contributed by atoms with Gasteiger partial charge in [-0.05, 0) is 37.5 Å². The van der Waals surface area contributed by atoms with Crippen LogP contribution >= 0.6 is 0 Å². The molecule has 0 aromatic heterocycles. The average molecular weight is 296 g/mol. The molecular formula is C13H20N4O2S. The van der Waals surface area contributed by atoms with Crippen molar-refractivity contribution in [3.05, 3.63) is 23.8 Å². The fraction of sp³-hybridized carbons (Fsp3) is 0.538. The number of hydrogen-bond donors (Lipinski definition) is 0. The first-order chi connectivity index (χ1) is 9.41. The number of hydrogen-bond acceptors (Lipinski definition) is 4. The lowest BCUT2D eigenvalue weighted by atomic mass is 10.2. The number of nitrogens with zero attached hydrogens (tertiary/aromatic N) is 4. The number of rotatable bonds is 4. The molecule has 0 unspecified atom stereocenters. The maximum atomic E-state index is 12.2. The molecule has 6 nitrogen and oxygen atoms in total. The van der Waals surface area contributed by atoms with Crippen LogP contribution in [0.4, 0.5) is 5.69 Å². The average Bonchev–Trinajstić information content (AvgIpc) is 2.90. The quantitative estimate of drug-likeness (QED) is 0.801. The Morgan fingerprint density at radius 3 is 2.45 bits per heavy atom. The molecule has 1 aromatic carbocycles. The molecule has 1 heterocycles. The Bertz CT molecular complexity index is 605. The fourth-order valence-electron chi connectivity index (χ4n) is 2.03. The molecule has 1 aromatic rings. The number of sulfonamides is 1. The van der Waals surface area contributed by atoms with Gasteiger partial charge in [-0.3, -0.25) is 5.01 Å². The Balaban J connectivity index is 2.29. The van der Waals surface area contributed by atoms with Crippen LogP contribution in [-0.4, -0.2) is 44.9 Å². The van der Waals surface area contributed by atoms with Crippen molar-refractivity contribution in [2.24, 2.45) is 10.3 Å². The molecule has 0 radical (unpaired) electrons. The molecule has 0 bridgehead atoms. The predicted octanol–water partition coefficient (Wildman–Crippen LogP) is 2.34. The van der Waals surface area contributed by atoms with Crippen molar-refractivity contribution in [2.45, 2.75) is 24.7 Å². The lowest BCUT2D eigenvalue weighted by molar-refractivity contribution is 0.336. The van der Waals surface area contributed by atoms with Crippen LogP contribution in [0.1, 0.15) is 18.4 Å². The third-order valence-corrected chi connectivity index (χ3v) is 5.26. The van der Waals surface area contributed by atoms with Crippen LogP contribution in [0.2, 0.25) is 0 Å². The van der Waals surface area contributed by atoms with E-state index < -0.39 is 10.0 Å². The van der Waals surface area contributed by atoms with Crippen molar-refractivity contribution < 1.29 is 8.42 Å². The summed E-state index contributed by atoms with van der Waals surface area (Å²) in [4.78, 5) is 0.278. The van der Waals surface area contributed by atoms with E-state index in [-0.39, 0.29) is 4.90 Å². The minimum absolute atomic E-state index is 0.278. The maximum Gasteiger partial charge on any atom is 0.242 e. The second-order valence-corrected chi connectivity index (χ2v) is 7.21. The smallest absolute Gasteiger partial charge is 0.242 e. The second kappa shape index (κ2) is 5.88. The minimum atomic E-state index is -3.45. The molecular weight excluding hydrogens is 276 g/mol. The molecule has 0 spiro atoms. The number of benzene rings is 1. The molecule has 0 saturated carbocycles. The largest absolute Gasteiger partial charge is 0.278 e. The summed E-state index contributed by atoms with van der Waals surface area (Å²) in [5, 5.41) is 10.2. The van der Waals surface area contributed by atoms with Crippen LogP contribution in [0.3, 0.4) is 0 Å². The summed E-state index contributed by atoms with van der Waals surface area (Å²) in [7, 11) is -0.407. The molecule has 110 valence electrons. The van der Waals surface area contributed by atoms with Crippen molar-refractivity contribution in [2.75, 3.05) is 27.2 Å². The lowest BCUT2D eigenvalue weighted by Crippen LogP contribution is -2.22. The molecule has 1 fully saturated rings. The van der Waals surface area contributed by atoms with E-state index in [2.05, 4.69) is 10.3 Å². The van der Waals surface area contributed by atoms with Gasteiger partial charge in [0.05, 0.1) is 10.6 Å². The summed E-state index contributed by atoms with van der Waals surface area (Å²) in [5.41, 5.74) is 1.27. The Labute approximate surface area is 120 Å². The van der Waals surface area contributed by atoms with Crippen molar-refractivity contribution in [3.8, 4) is 0 Å². The fourth-order valence-corrected chi connectivity index (χ4v) is 3.17. The van der Waals surface area contributed by atoms with E-state index in [0.717, 1.165) is 25.9 Å². The Hall–Kier alpha value is -1.47. The van der Waals surface area contributed by atoms with Gasteiger partial charge in [-0.25, -0.2) is 12.7 Å². The summed E-state index contributed by atoms with van der Waals surface area (Å²) >= 11 is 0. The van der Waals surface area contributed by atoms with E-state index in [4.69, 9.17) is 0 Å². The highest BCUT2D eigenvalue weighted by molar-refractivity contribution is 7.89. The SMILES string of the molecule is Cc1ccc(N=NN2CCCC2)cc1S(=O)(=O)N(C)C. The van der Waals surface area contributed by atoms with E-state index in [0.29, 0.717) is 11.3 Å². The standard InChI is InChI=1S/C13H20N4O2S/c1-11-6-7-12(14-15-17-8-4-5-9-17)10-13(11)20(18,19)16(2)3/h6-7,10H,4-5,8-9H2,1-3H3. The molecule has 0 atom stereocenters. The topological polar surface area (TPSA) is 65.3 Å². The minimum Gasteiger partial charge on any atom is -0.278 e. The van der Waals surface area contributed by atoms with E-state index >= 15 is 0 Å². The molecule has 2 rings (SSSR count). The maximum absolute atomic E-state index is 12.2. The highest BCUT2D eigenvalue weighted by Crippen LogP contribution is 2.24. The molecule has 0 aliphatic carbocycles. The zero-order valence-electron chi connectivity index (χ0n) is 12.1. The van der Waals surface area contributed by atoms with Crippen molar-refractivity contribution >= 4 is 15.7 Å². The van der Waals surface area contributed by atoms with E-state index in [1.54, 1.807) is 25.1 Å². The van der Waals surface area contributed by atoms with Gasteiger partial charge >= 0.3 is 0 Å². The molecule has 1 saturated heterocycles. The van der Waals surface area contributed by atoms with Crippen molar-refractivity contribution in [3.63, 3.8) is 0 Å². The highest BCUT2D eigenvalue weighted by atomic mass is 32.2. The van der Waals surface area contributed by atoms with E-state index in [1.165, 1.54) is 18.4 Å². The zero-order chi connectivity index (χ0) is 14.8. The van der Waals surface area contributed by atoms with Crippen LogP contribution in [0.15, 0.2) is 33.4 Å². The summed E-state index contributed by atoms with van der Waals surface area (Å²) in [6, 6.07) is 5.11. The normalized spacial score (nSPS) is 16.5. The van der Waals surface area contributed by atoms with Gasteiger partial charge in [0.15, 0.2) is 0 Å². The van der Waals surface area contributed by atoms with Gasteiger partial charge in [0.1, 0.15) is 0 Å². The summed E-state index contributed by atoms with van der Waals surface area (Å²) in [5.74, 6) is 0. The number of aryl methyl sites for hydroxylation is 1. The summed E-state index contributed by atoms with van der Waals surface area (Å²) in [6.07, 6.45) is 2.26. The van der Waals surface area contributed by atoms with Crippen LogP contribution in [0, 0.1) is 6.92 Å². The molecule has 1 aliphatic rings. The monoisotopic (exact) mass is 296 g/mol. The van der Waals surface area contributed by atoms with Crippen LogP contribution in [0.25, 0.3) is 0 Å². The Morgan fingerprint density at radius 1 is 1.20 bits per heavy atom. The molecule has 20 heavy (non-hydrogen) atoms. The van der Waals surface area contributed by atoms with Gasteiger partial charge in [0.25, 0.3) is 0 Å². The lowest BCUT2D eigenvalue weighted by Gasteiger charge is -2.14. The first-order valence-corrected chi connectivity index (χ1v) is 8.05. The van der Waals surface area contributed by atoms with Gasteiger partial charge in [0.2, 0.25) is 10.0 Å². The molecule has 7 heteroatoms. The highest BCUT2D eigenvalue weighted by Gasteiger charge is 2.20. The van der Waals surface area contributed by atoms with Crippen LogP contribution < -0.4 is 0 Å². The third-order valence-electron chi connectivity index (χ3n) is 3.30. The first-order valence-electron chi connectivity index (χ1n) is 6.61. The predicted molar refractivity (Wildman–Crippen MR) is 77.4 cm³/mol. The van der Waals surface area contributed by atoms with Gasteiger partial charge in [0, 0.05) is 27.2 Å². The van der Waals surface area contributed by atoms with Crippen LogP contribution in [0.5, 0.6) is 0 Å². The van der Waals surface area contributed by atoms with Crippen LogP contribution in [-0.2, 0) is 10.0 Å². The van der Waals surface area contributed by atoms with E-state index in [1.807, 2.05) is 5.01 Å². The molecule has 1 aliphatic heterocycles. The summed E-state index contributed by atoms with van der Waals surface area (Å²) < 4.78 is 25.6.